The van der Waals surface area contributed by atoms with Gasteiger partial charge in [-0.2, -0.15) is 0 Å². The van der Waals surface area contributed by atoms with E-state index in [9.17, 15) is 13.6 Å². The summed E-state index contributed by atoms with van der Waals surface area (Å²) in [5, 5.41) is 0. The fraction of sp³-hybridized carbons (Fsp3) is 0.182. The summed E-state index contributed by atoms with van der Waals surface area (Å²) in [6.07, 6.45) is 1.39. The number of hydrogen-bond donors (Lipinski definition) is 0. The molecule has 0 unspecified atom stereocenters. The summed E-state index contributed by atoms with van der Waals surface area (Å²) >= 11 is 0. The minimum atomic E-state index is -1.08. The lowest BCUT2D eigenvalue weighted by atomic mass is 9.99. The molecule has 0 saturated carbocycles. The van der Waals surface area contributed by atoms with E-state index < -0.39 is 17.4 Å². The van der Waals surface area contributed by atoms with Crippen LogP contribution in [0.5, 0.6) is 0 Å². The Morgan fingerprint density at radius 3 is 2.50 bits per heavy atom. The van der Waals surface area contributed by atoms with E-state index >= 15 is 0 Å². The number of carbonyl (C=O) groups excluding carboxylic acids is 1. The molecular formula is C11H10F2O. The summed E-state index contributed by atoms with van der Waals surface area (Å²) in [4.78, 5) is 11.1. The molecule has 0 saturated heterocycles. The average Bonchev–Trinajstić information content (AvgIpc) is 2.11. The van der Waals surface area contributed by atoms with Gasteiger partial charge in [0.15, 0.2) is 17.4 Å². The second kappa shape index (κ2) is 3.70. The molecule has 1 rings (SSSR count). The molecule has 14 heavy (non-hydrogen) atoms. The zero-order valence-corrected chi connectivity index (χ0v) is 8.03. The van der Waals surface area contributed by atoms with Crippen LogP contribution in [-0.2, 0) is 0 Å². The minimum absolute atomic E-state index is 0.195. The summed E-state index contributed by atoms with van der Waals surface area (Å²) < 4.78 is 26.2. The Hall–Kier alpha value is -1.51. The van der Waals surface area contributed by atoms with E-state index in [0.29, 0.717) is 11.1 Å². The van der Waals surface area contributed by atoms with Gasteiger partial charge in [-0.15, -0.1) is 0 Å². The maximum absolute atomic E-state index is 13.2. The lowest BCUT2D eigenvalue weighted by molar-refractivity contribution is 0.101. The van der Waals surface area contributed by atoms with Crippen molar-refractivity contribution in [3.8, 4) is 0 Å². The summed E-state index contributed by atoms with van der Waals surface area (Å²) in [6, 6.07) is 1.03. The highest BCUT2D eigenvalue weighted by atomic mass is 19.2. The van der Waals surface area contributed by atoms with Gasteiger partial charge >= 0.3 is 0 Å². The molecule has 1 nitrogen and oxygen atoms in total. The second-order valence-electron chi connectivity index (χ2n) is 3.02. The van der Waals surface area contributed by atoms with E-state index in [-0.39, 0.29) is 5.56 Å². The van der Waals surface area contributed by atoms with Gasteiger partial charge in [0.25, 0.3) is 0 Å². The van der Waals surface area contributed by atoms with Gasteiger partial charge in [-0.05, 0) is 31.0 Å². The number of halogens is 2. The summed E-state index contributed by atoms with van der Waals surface area (Å²) in [5.41, 5.74) is 0.667. The summed E-state index contributed by atoms with van der Waals surface area (Å²) in [5.74, 6) is -2.58. The van der Waals surface area contributed by atoms with Crippen LogP contribution in [-0.4, -0.2) is 5.78 Å². The monoisotopic (exact) mass is 196 g/mol. The van der Waals surface area contributed by atoms with Crippen molar-refractivity contribution < 1.29 is 13.6 Å². The van der Waals surface area contributed by atoms with Gasteiger partial charge in [0, 0.05) is 0 Å². The van der Waals surface area contributed by atoms with Crippen LogP contribution in [0.1, 0.15) is 28.4 Å². The highest BCUT2D eigenvalue weighted by molar-refractivity contribution is 5.96. The van der Waals surface area contributed by atoms with Crippen LogP contribution in [0.2, 0.25) is 0 Å². The molecule has 0 atom stereocenters. The molecule has 0 aliphatic heterocycles. The molecule has 0 N–H and O–H groups in total. The van der Waals surface area contributed by atoms with Crippen LogP contribution < -0.4 is 0 Å². The molecule has 3 heteroatoms. The van der Waals surface area contributed by atoms with Crippen LogP contribution in [0, 0.1) is 18.6 Å². The highest BCUT2D eigenvalue weighted by Gasteiger charge is 2.17. The third-order valence-electron chi connectivity index (χ3n) is 2.09. The Morgan fingerprint density at radius 2 is 2.07 bits per heavy atom. The van der Waals surface area contributed by atoms with Crippen molar-refractivity contribution in [2.45, 2.75) is 13.8 Å². The number of ketones is 1. The van der Waals surface area contributed by atoms with E-state index in [4.69, 9.17) is 0 Å². The highest BCUT2D eigenvalue weighted by Crippen LogP contribution is 2.22. The van der Waals surface area contributed by atoms with E-state index in [1.54, 1.807) is 6.92 Å². The molecule has 0 spiro atoms. The molecule has 0 radical (unpaired) electrons. The summed E-state index contributed by atoms with van der Waals surface area (Å²) in [7, 11) is 0. The van der Waals surface area contributed by atoms with Crippen molar-refractivity contribution in [3.05, 3.63) is 41.0 Å². The maximum atomic E-state index is 13.2. The van der Waals surface area contributed by atoms with Gasteiger partial charge in [-0.25, -0.2) is 8.78 Å². The number of hydrogen-bond acceptors (Lipinski definition) is 1. The Bertz CT molecular complexity index is 408. The molecule has 0 aromatic heterocycles. The lowest BCUT2D eigenvalue weighted by Crippen LogP contribution is -2.05. The zero-order valence-electron chi connectivity index (χ0n) is 8.03. The standard InChI is InChI=1S/C11H10F2O/c1-4-8-5-9(12)11(13)10(6(8)2)7(3)14/h4-5H,1H2,2-3H3. The maximum Gasteiger partial charge on any atom is 0.169 e. The molecular weight excluding hydrogens is 186 g/mol. The van der Waals surface area contributed by atoms with Crippen LogP contribution in [0.4, 0.5) is 8.78 Å². The van der Waals surface area contributed by atoms with Crippen molar-refractivity contribution in [3.63, 3.8) is 0 Å². The fourth-order valence-corrected chi connectivity index (χ4v) is 1.37. The van der Waals surface area contributed by atoms with Crippen LogP contribution in [0.15, 0.2) is 12.6 Å². The molecule has 1 aromatic rings. The van der Waals surface area contributed by atoms with E-state index in [1.165, 1.54) is 13.0 Å². The molecule has 0 aliphatic carbocycles. The third-order valence-corrected chi connectivity index (χ3v) is 2.09. The number of rotatable bonds is 2. The quantitative estimate of drug-likeness (QED) is 0.664. The Morgan fingerprint density at radius 1 is 1.50 bits per heavy atom. The average molecular weight is 196 g/mol. The smallest absolute Gasteiger partial charge is 0.169 e. The van der Waals surface area contributed by atoms with Gasteiger partial charge in [0.1, 0.15) is 0 Å². The van der Waals surface area contributed by atoms with E-state index in [2.05, 4.69) is 6.58 Å². The number of benzene rings is 1. The molecule has 74 valence electrons. The van der Waals surface area contributed by atoms with Crippen molar-refractivity contribution in [2.75, 3.05) is 0 Å². The van der Waals surface area contributed by atoms with Crippen molar-refractivity contribution >= 4 is 11.9 Å². The SMILES string of the molecule is C=Cc1cc(F)c(F)c(C(C)=O)c1C. The first kappa shape index (κ1) is 10.6. The second-order valence-corrected chi connectivity index (χ2v) is 3.02. The van der Waals surface area contributed by atoms with Crippen molar-refractivity contribution in [2.24, 2.45) is 0 Å². The first-order valence-corrected chi connectivity index (χ1v) is 4.11. The molecule has 0 fully saturated rings. The minimum Gasteiger partial charge on any atom is -0.294 e. The van der Waals surface area contributed by atoms with Crippen LogP contribution in [0.3, 0.4) is 0 Å². The number of Topliss-reactive ketones (excluding diaryl/α,β-unsaturated/α-hetero) is 1. The van der Waals surface area contributed by atoms with Crippen LogP contribution in [0.25, 0.3) is 6.08 Å². The predicted octanol–water partition coefficient (Wildman–Crippen LogP) is 3.12. The molecule has 0 amide bonds. The topological polar surface area (TPSA) is 17.1 Å². The normalized spacial score (nSPS) is 10.0. The van der Waals surface area contributed by atoms with Gasteiger partial charge in [0.05, 0.1) is 5.56 Å². The predicted molar refractivity (Wildman–Crippen MR) is 51.2 cm³/mol. The van der Waals surface area contributed by atoms with Gasteiger partial charge in [-0.1, -0.05) is 12.7 Å². The molecule has 0 bridgehead atoms. The van der Waals surface area contributed by atoms with E-state index in [1.807, 2.05) is 0 Å². The van der Waals surface area contributed by atoms with Gasteiger partial charge in [0.2, 0.25) is 0 Å². The Labute approximate surface area is 81.1 Å². The Balaban J connectivity index is 3.61. The van der Waals surface area contributed by atoms with E-state index in [0.717, 1.165) is 6.07 Å². The van der Waals surface area contributed by atoms with Gasteiger partial charge < -0.3 is 0 Å². The largest absolute Gasteiger partial charge is 0.294 e. The molecule has 1 aromatic carbocycles. The number of carbonyl (C=O) groups is 1. The van der Waals surface area contributed by atoms with Crippen molar-refractivity contribution in [1.82, 2.24) is 0 Å². The summed E-state index contributed by atoms with van der Waals surface area (Å²) in [6.45, 7) is 6.23. The molecule has 0 aliphatic rings. The van der Waals surface area contributed by atoms with Gasteiger partial charge in [-0.3, -0.25) is 4.79 Å². The first-order valence-electron chi connectivity index (χ1n) is 4.11. The fourth-order valence-electron chi connectivity index (χ4n) is 1.37. The third kappa shape index (κ3) is 1.58. The Kier molecular flexibility index (Phi) is 2.79. The first-order chi connectivity index (χ1) is 6.49. The lowest BCUT2D eigenvalue weighted by Gasteiger charge is -2.08. The molecule has 0 heterocycles. The van der Waals surface area contributed by atoms with Crippen molar-refractivity contribution in [1.29, 1.82) is 0 Å². The van der Waals surface area contributed by atoms with Crippen LogP contribution >= 0.6 is 0 Å². The zero-order chi connectivity index (χ0) is 10.9.